The minimum atomic E-state index is -0.324. The van der Waals surface area contributed by atoms with E-state index >= 15 is 0 Å². The van der Waals surface area contributed by atoms with Crippen molar-refractivity contribution < 1.29 is 9.90 Å². The van der Waals surface area contributed by atoms with E-state index in [0.29, 0.717) is 13.0 Å². The molecule has 2 heterocycles. The number of aryl methyl sites for hydroxylation is 1. The molecular weight excluding hydrogens is 308 g/mol. The van der Waals surface area contributed by atoms with E-state index in [4.69, 9.17) is 0 Å². The lowest BCUT2D eigenvalue weighted by molar-refractivity contribution is -0.133. The normalized spacial score (nSPS) is 18.2. The third-order valence-electron chi connectivity index (χ3n) is 4.55. The molecule has 0 aliphatic carbocycles. The highest BCUT2D eigenvalue weighted by molar-refractivity contribution is 7.09. The maximum atomic E-state index is 12.3. The molecule has 1 amide bonds. The quantitative estimate of drug-likeness (QED) is 0.867. The number of nitrogens with zero attached hydrogens (tertiary/aromatic N) is 2. The average molecular weight is 339 g/mol. The number of hydrogen-bond donors (Lipinski definition) is 1. The SMILES string of the molecule is CC(C)(C)[C@H](O)CN1CCN(C(=O)CCCc2cccs2)CC1. The predicted molar refractivity (Wildman–Crippen MR) is 95.7 cm³/mol. The summed E-state index contributed by atoms with van der Waals surface area (Å²) in [5.41, 5.74) is -0.0885. The van der Waals surface area contributed by atoms with Crippen molar-refractivity contribution in [3.8, 4) is 0 Å². The fraction of sp³-hybridized carbons (Fsp3) is 0.722. The number of thiophene rings is 1. The summed E-state index contributed by atoms with van der Waals surface area (Å²) < 4.78 is 0. The molecule has 1 aliphatic heterocycles. The summed E-state index contributed by atoms with van der Waals surface area (Å²) in [5.74, 6) is 0.276. The summed E-state index contributed by atoms with van der Waals surface area (Å²) in [4.78, 5) is 17.9. The molecule has 5 heteroatoms. The molecule has 23 heavy (non-hydrogen) atoms. The number of carbonyl (C=O) groups is 1. The zero-order valence-electron chi connectivity index (χ0n) is 14.6. The highest BCUT2D eigenvalue weighted by Gasteiger charge is 2.27. The molecule has 1 N–H and O–H groups in total. The van der Waals surface area contributed by atoms with Crippen LogP contribution in [0.2, 0.25) is 0 Å². The third kappa shape index (κ3) is 5.90. The first-order chi connectivity index (χ1) is 10.9. The van der Waals surface area contributed by atoms with Crippen molar-refractivity contribution in [1.29, 1.82) is 0 Å². The lowest BCUT2D eigenvalue weighted by Gasteiger charge is -2.38. The summed E-state index contributed by atoms with van der Waals surface area (Å²) >= 11 is 1.76. The Balaban J connectivity index is 1.66. The number of amides is 1. The summed E-state index contributed by atoms with van der Waals surface area (Å²) in [6.07, 6.45) is 2.25. The van der Waals surface area contributed by atoms with Crippen LogP contribution in [0.1, 0.15) is 38.5 Å². The molecule has 0 bridgehead atoms. The summed E-state index contributed by atoms with van der Waals surface area (Å²) in [5, 5.41) is 12.3. The Morgan fingerprint density at radius 3 is 2.57 bits per heavy atom. The van der Waals surface area contributed by atoms with Gasteiger partial charge in [0, 0.05) is 44.0 Å². The van der Waals surface area contributed by atoms with Gasteiger partial charge in [-0.15, -0.1) is 11.3 Å². The fourth-order valence-electron chi connectivity index (χ4n) is 2.73. The van der Waals surface area contributed by atoms with E-state index < -0.39 is 0 Å². The minimum Gasteiger partial charge on any atom is -0.391 e. The topological polar surface area (TPSA) is 43.8 Å². The number of hydrogen-bond acceptors (Lipinski definition) is 4. The minimum absolute atomic E-state index is 0.0885. The Morgan fingerprint density at radius 2 is 2.00 bits per heavy atom. The van der Waals surface area contributed by atoms with Crippen molar-refractivity contribution in [2.45, 2.75) is 46.1 Å². The van der Waals surface area contributed by atoms with Gasteiger partial charge in [-0.3, -0.25) is 9.69 Å². The zero-order valence-corrected chi connectivity index (χ0v) is 15.4. The Bertz CT molecular complexity index is 474. The molecule has 0 unspecified atom stereocenters. The van der Waals surface area contributed by atoms with E-state index in [1.165, 1.54) is 4.88 Å². The highest BCUT2D eigenvalue weighted by atomic mass is 32.1. The summed E-state index contributed by atoms with van der Waals surface area (Å²) in [6.45, 7) is 10.2. The largest absolute Gasteiger partial charge is 0.391 e. The van der Waals surface area contributed by atoms with Gasteiger partial charge in [0.1, 0.15) is 0 Å². The van der Waals surface area contributed by atoms with Crippen LogP contribution in [0.3, 0.4) is 0 Å². The monoisotopic (exact) mass is 338 g/mol. The van der Waals surface area contributed by atoms with E-state index in [1.807, 2.05) is 4.90 Å². The molecule has 1 saturated heterocycles. The van der Waals surface area contributed by atoms with Crippen LogP contribution in [0, 0.1) is 5.41 Å². The molecule has 0 spiro atoms. The molecule has 2 rings (SSSR count). The van der Waals surface area contributed by atoms with Crippen LogP contribution in [0.15, 0.2) is 17.5 Å². The van der Waals surface area contributed by atoms with Gasteiger partial charge in [-0.1, -0.05) is 26.8 Å². The summed E-state index contributed by atoms with van der Waals surface area (Å²) in [6, 6.07) is 4.20. The Labute approximate surface area is 144 Å². The zero-order chi connectivity index (χ0) is 16.9. The van der Waals surface area contributed by atoms with Crippen LogP contribution >= 0.6 is 11.3 Å². The number of piperazine rings is 1. The van der Waals surface area contributed by atoms with Gasteiger partial charge >= 0.3 is 0 Å². The van der Waals surface area contributed by atoms with Gasteiger partial charge < -0.3 is 10.0 Å². The van der Waals surface area contributed by atoms with Crippen LogP contribution in [0.4, 0.5) is 0 Å². The third-order valence-corrected chi connectivity index (χ3v) is 5.49. The van der Waals surface area contributed by atoms with Crippen LogP contribution in [-0.2, 0) is 11.2 Å². The van der Waals surface area contributed by atoms with Gasteiger partial charge in [-0.05, 0) is 29.7 Å². The predicted octanol–water partition coefficient (Wildman–Crippen LogP) is 2.62. The maximum Gasteiger partial charge on any atom is 0.222 e. The average Bonchev–Trinajstić information content (AvgIpc) is 3.00. The second-order valence-corrected chi connectivity index (χ2v) is 8.53. The molecule has 1 aliphatic rings. The van der Waals surface area contributed by atoms with Crippen molar-refractivity contribution >= 4 is 17.2 Å². The molecule has 1 aromatic rings. The van der Waals surface area contributed by atoms with E-state index in [9.17, 15) is 9.90 Å². The van der Waals surface area contributed by atoms with Crippen LogP contribution < -0.4 is 0 Å². The Kier molecular flexibility index (Phi) is 6.62. The van der Waals surface area contributed by atoms with Crippen molar-refractivity contribution in [2.24, 2.45) is 5.41 Å². The number of rotatable bonds is 6. The van der Waals surface area contributed by atoms with Gasteiger partial charge in [0.25, 0.3) is 0 Å². The van der Waals surface area contributed by atoms with E-state index in [2.05, 4.69) is 43.2 Å². The molecule has 0 saturated carbocycles. The van der Waals surface area contributed by atoms with Crippen LogP contribution in [0.25, 0.3) is 0 Å². The first-order valence-corrected chi connectivity index (χ1v) is 9.45. The smallest absolute Gasteiger partial charge is 0.222 e. The molecule has 1 fully saturated rings. The number of aliphatic hydroxyl groups is 1. The second-order valence-electron chi connectivity index (χ2n) is 7.50. The first-order valence-electron chi connectivity index (χ1n) is 8.57. The standard InChI is InChI=1S/C18H30N2O2S/c1-18(2,3)16(21)14-19-9-11-20(12-10-19)17(22)8-4-6-15-7-5-13-23-15/h5,7,13,16,21H,4,6,8-12,14H2,1-3H3/t16-/m1/s1. The van der Waals surface area contributed by atoms with Crippen LogP contribution in [0.5, 0.6) is 0 Å². The summed E-state index contributed by atoms with van der Waals surface area (Å²) in [7, 11) is 0. The number of β-amino-alcohol motifs (C(OH)–C–C–N with tert-alkyl or cyclic N) is 1. The van der Waals surface area contributed by atoms with E-state index in [-0.39, 0.29) is 17.4 Å². The van der Waals surface area contributed by atoms with Crippen molar-refractivity contribution in [3.05, 3.63) is 22.4 Å². The van der Waals surface area contributed by atoms with Crippen LogP contribution in [-0.4, -0.2) is 59.6 Å². The molecule has 1 aromatic heterocycles. The van der Waals surface area contributed by atoms with E-state index in [1.54, 1.807) is 11.3 Å². The van der Waals surface area contributed by atoms with Gasteiger partial charge in [-0.2, -0.15) is 0 Å². The van der Waals surface area contributed by atoms with Crippen molar-refractivity contribution in [3.63, 3.8) is 0 Å². The highest BCUT2D eigenvalue weighted by Crippen LogP contribution is 2.20. The lowest BCUT2D eigenvalue weighted by Crippen LogP contribution is -2.51. The molecule has 0 radical (unpaired) electrons. The van der Waals surface area contributed by atoms with Crippen molar-refractivity contribution in [1.82, 2.24) is 9.80 Å². The molecule has 0 aromatic carbocycles. The molecule has 4 nitrogen and oxygen atoms in total. The van der Waals surface area contributed by atoms with Gasteiger partial charge in [-0.25, -0.2) is 0 Å². The van der Waals surface area contributed by atoms with Crippen molar-refractivity contribution in [2.75, 3.05) is 32.7 Å². The number of carbonyl (C=O) groups excluding carboxylic acids is 1. The lowest BCUT2D eigenvalue weighted by atomic mass is 9.89. The van der Waals surface area contributed by atoms with Gasteiger partial charge in [0.05, 0.1) is 6.10 Å². The fourth-order valence-corrected chi connectivity index (χ4v) is 3.48. The molecule has 130 valence electrons. The first kappa shape index (κ1) is 18.4. The second kappa shape index (κ2) is 8.27. The number of aliphatic hydroxyl groups excluding tert-OH is 1. The molecular formula is C18H30N2O2S. The Morgan fingerprint density at radius 1 is 1.30 bits per heavy atom. The van der Waals surface area contributed by atoms with Gasteiger partial charge in [0.2, 0.25) is 5.91 Å². The maximum absolute atomic E-state index is 12.3. The molecule has 1 atom stereocenters. The van der Waals surface area contributed by atoms with Gasteiger partial charge in [0.15, 0.2) is 0 Å². The Hall–Kier alpha value is -0.910. The van der Waals surface area contributed by atoms with E-state index in [0.717, 1.165) is 39.0 Å².